The highest BCUT2D eigenvalue weighted by Gasteiger charge is 2.34. The van der Waals surface area contributed by atoms with Crippen molar-refractivity contribution < 1.29 is 4.74 Å². The molecule has 1 saturated heterocycles. The number of aliphatic imine (C=N–C) groups is 1. The topological polar surface area (TPSA) is 71.3 Å². The second kappa shape index (κ2) is 8.63. The van der Waals surface area contributed by atoms with Crippen LogP contribution in [-0.2, 0) is 0 Å². The fraction of sp³-hybridized carbons (Fsp3) is 0.375. The van der Waals surface area contributed by atoms with Crippen molar-refractivity contribution in [2.24, 2.45) is 4.99 Å². The number of pyridine rings is 1. The van der Waals surface area contributed by atoms with Gasteiger partial charge < -0.3 is 19.9 Å². The first-order valence-electron chi connectivity index (χ1n) is 11.2. The lowest BCUT2D eigenvalue weighted by Gasteiger charge is -2.37. The number of benzene rings is 1. The molecule has 0 amide bonds. The molecule has 166 valence electrons. The van der Waals surface area contributed by atoms with Gasteiger partial charge in [-0.15, -0.1) is 0 Å². The Morgan fingerprint density at radius 3 is 2.50 bits per heavy atom. The van der Waals surface area contributed by atoms with E-state index in [1.807, 2.05) is 12.1 Å². The lowest BCUT2D eigenvalue weighted by Crippen LogP contribution is -2.46. The van der Waals surface area contributed by atoms with Gasteiger partial charge in [-0.2, -0.15) is 0 Å². The second-order valence-electron chi connectivity index (χ2n) is 8.13. The van der Waals surface area contributed by atoms with E-state index in [1.54, 1.807) is 13.3 Å². The quantitative estimate of drug-likeness (QED) is 0.785. The number of piperazine rings is 1. The molecular formula is C24H29N7O. The van der Waals surface area contributed by atoms with Crippen molar-refractivity contribution in [3.63, 3.8) is 0 Å². The third-order valence-electron chi connectivity index (χ3n) is 6.37. The van der Waals surface area contributed by atoms with Crippen LogP contribution in [0, 0.1) is 5.41 Å². The number of likely N-dealkylation sites (N-methyl/N-ethyl adjacent to an activating group) is 1. The number of hydrogen-bond acceptors (Lipinski definition) is 8. The zero-order chi connectivity index (χ0) is 22.1. The van der Waals surface area contributed by atoms with E-state index in [9.17, 15) is 0 Å². The summed E-state index contributed by atoms with van der Waals surface area (Å²) in [6.45, 7) is 8.18. The predicted octanol–water partition coefficient (Wildman–Crippen LogP) is 3.09. The smallest absolute Gasteiger partial charge is 0.213 e. The molecule has 0 spiro atoms. The van der Waals surface area contributed by atoms with Gasteiger partial charge in [-0.25, -0.2) is 15.0 Å². The van der Waals surface area contributed by atoms with Crippen molar-refractivity contribution in [2.75, 3.05) is 56.4 Å². The summed E-state index contributed by atoms with van der Waals surface area (Å²) in [5.41, 5.74) is 4.84. The lowest BCUT2D eigenvalue weighted by atomic mass is 10.1. The molecule has 32 heavy (non-hydrogen) atoms. The predicted molar refractivity (Wildman–Crippen MR) is 128 cm³/mol. The maximum Gasteiger partial charge on any atom is 0.213 e. The van der Waals surface area contributed by atoms with Gasteiger partial charge in [-0.1, -0.05) is 13.0 Å². The molecule has 0 bridgehead atoms. The Kier molecular flexibility index (Phi) is 5.53. The molecule has 1 aromatic carbocycles. The molecule has 1 fully saturated rings. The Balaban J connectivity index is 1.40. The van der Waals surface area contributed by atoms with Crippen LogP contribution < -0.4 is 14.6 Å². The number of aromatic nitrogens is 1. The van der Waals surface area contributed by atoms with E-state index in [-0.39, 0.29) is 0 Å². The summed E-state index contributed by atoms with van der Waals surface area (Å²) in [4.78, 5) is 13.9. The molecule has 0 saturated carbocycles. The van der Waals surface area contributed by atoms with Gasteiger partial charge in [-0.3, -0.25) is 5.01 Å². The molecule has 0 aliphatic carbocycles. The molecule has 0 radical (unpaired) electrons. The van der Waals surface area contributed by atoms with Crippen LogP contribution >= 0.6 is 0 Å². The number of nitrogens with zero attached hydrogens (tertiary/aromatic N) is 6. The molecule has 0 unspecified atom stereocenters. The number of ether oxygens (including phenoxy) is 1. The van der Waals surface area contributed by atoms with Gasteiger partial charge in [0, 0.05) is 56.1 Å². The average molecular weight is 432 g/mol. The summed E-state index contributed by atoms with van der Waals surface area (Å²) in [6.07, 6.45) is 4.39. The number of fused-ring (bicyclic) bond motifs is 1. The number of hydrazine groups is 1. The first kappa shape index (κ1) is 20.5. The van der Waals surface area contributed by atoms with Crippen LogP contribution in [0.4, 0.5) is 11.4 Å². The van der Waals surface area contributed by atoms with E-state index in [2.05, 4.69) is 67.1 Å². The molecule has 0 atom stereocenters. The van der Waals surface area contributed by atoms with Crippen LogP contribution in [0.3, 0.4) is 0 Å². The third-order valence-corrected chi connectivity index (χ3v) is 6.37. The van der Waals surface area contributed by atoms with Gasteiger partial charge in [0.2, 0.25) is 5.88 Å². The number of methoxy groups -OCH3 is 1. The van der Waals surface area contributed by atoms with Crippen LogP contribution in [-0.4, -0.2) is 72.9 Å². The van der Waals surface area contributed by atoms with Gasteiger partial charge in [0.25, 0.3) is 0 Å². The zero-order valence-electron chi connectivity index (χ0n) is 18.7. The number of rotatable bonds is 5. The molecule has 8 nitrogen and oxygen atoms in total. The summed E-state index contributed by atoms with van der Waals surface area (Å²) >= 11 is 0. The van der Waals surface area contributed by atoms with Crippen molar-refractivity contribution in [2.45, 2.75) is 13.3 Å². The van der Waals surface area contributed by atoms with Crippen LogP contribution in [0.2, 0.25) is 0 Å². The SMILES string of the molecule is CCN1CCN(c2ccc(N3CN=C4C(=N)CC=C(c5ccnc(OC)c5)N43)cc2)CC1. The van der Waals surface area contributed by atoms with Crippen molar-refractivity contribution in [3.8, 4) is 5.88 Å². The number of allylic oxidation sites excluding steroid dienone is 1. The molecule has 1 aromatic heterocycles. The molecule has 3 aliphatic heterocycles. The van der Waals surface area contributed by atoms with Crippen molar-refractivity contribution in [1.82, 2.24) is 14.9 Å². The van der Waals surface area contributed by atoms with E-state index in [1.165, 1.54) is 5.69 Å². The van der Waals surface area contributed by atoms with Crippen LogP contribution in [0.5, 0.6) is 5.88 Å². The lowest BCUT2D eigenvalue weighted by molar-refractivity contribution is 0.271. The van der Waals surface area contributed by atoms with Crippen molar-refractivity contribution in [1.29, 1.82) is 5.41 Å². The maximum atomic E-state index is 8.41. The summed E-state index contributed by atoms with van der Waals surface area (Å²) < 4.78 is 5.32. The van der Waals surface area contributed by atoms with Crippen molar-refractivity contribution >= 4 is 28.6 Å². The van der Waals surface area contributed by atoms with E-state index in [4.69, 9.17) is 10.1 Å². The van der Waals surface area contributed by atoms with E-state index >= 15 is 0 Å². The molecule has 5 rings (SSSR count). The van der Waals surface area contributed by atoms with E-state index in [0.29, 0.717) is 30.5 Å². The minimum atomic E-state index is 0.492. The Bertz CT molecular complexity index is 1050. The Morgan fingerprint density at radius 1 is 1.03 bits per heavy atom. The highest BCUT2D eigenvalue weighted by Crippen LogP contribution is 2.34. The highest BCUT2D eigenvalue weighted by molar-refractivity contribution is 6.43. The van der Waals surface area contributed by atoms with Gasteiger partial charge in [0.1, 0.15) is 6.67 Å². The first-order valence-corrected chi connectivity index (χ1v) is 11.2. The highest BCUT2D eigenvalue weighted by atomic mass is 16.5. The number of amidine groups is 1. The largest absolute Gasteiger partial charge is 0.481 e. The minimum Gasteiger partial charge on any atom is -0.481 e. The van der Waals surface area contributed by atoms with Crippen LogP contribution in [0.15, 0.2) is 53.7 Å². The van der Waals surface area contributed by atoms with E-state index in [0.717, 1.165) is 49.7 Å². The molecule has 3 aliphatic rings. The molecular weight excluding hydrogens is 402 g/mol. The molecule has 1 N–H and O–H groups in total. The summed E-state index contributed by atoms with van der Waals surface area (Å²) in [7, 11) is 1.62. The van der Waals surface area contributed by atoms with E-state index < -0.39 is 0 Å². The molecule has 4 heterocycles. The monoisotopic (exact) mass is 431 g/mol. The van der Waals surface area contributed by atoms with Crippen LogP contribution in [0.25, 0.3) is 5.70 Å². The maximum absolute atomic E-state index is 8.41. The van der Waals surface area contributed by atoms with Crippen LogP contribution in [0.1, 0.15) is 18.9 Å². The van der Waals surface area contributed by atoms with Gasteiger partial charge in [-0.05, 0) is 36.9 Å². The summed E-state index contributed by atoms with van der Waals surface area (Å²) in [5, 5.41) is 12.6. The second-order valence-corrected chi connectivity index (χ2v) is 8.13. The average Bonchev–Trinajstić information content (AvgIpc) is 3.31. The van der Waals surface area contributed by atoms with Crippen molar-refractivity contribution in [3.05, 3.63) is 54.2 Å². The summed E-state index contributed by atoms with van der Waals surface area (Å²) in [5.74, 6) is 1.28. The van der Waals surface area contributed by atoms with Gasteiger partial charge in [0.05, 0.1) is 24.2 Å². The van der Waals surface area contributed by atoms with Gasteiger partial charge >= 0.3 is 0 Å². The molecule has 8 heteroatoms. The zero-order valence-corrected chi connectivity index (χ0v) is 18.7. The normalized spacial score (nSPS) is 19.1. The molecule has 2 aromatic rings. The Hall–Kier alpha value is -3.39. The number of hydrogen-bond donors (Lipinski definition) is 1. The number of nitrogens with one attached hydrogen (secondary N) is 1. The standard InChI is InChI=1S/C24H29N7O/c1-3-28-12-14-29(15-13-28)19-4-6-20(7-5-19)30-17-27-24-21(25)8-9-22(31(24)30)18-10-11-26-23(16-18)32-2/h4-7,9-11,16,25H,3,8,12-15,17H2,1-2H3. The minimum absolute atomic E-state index is 0.492. The number of anilines is 2. The fourth-order valence-electron chi connectivity index (χ4n) is 4.50. The van der Waals surface area contributed by atoms with Gasteiger partial charge in [0.15, 0.2) is 5.84 Å². The first-order chi connectivity index (χ1) is 15.7. The summed E-state index contributed by atoms with van der Waals surface area (Å²) in [6, 6.07) is 12.6. The Labute approximate surface area is 188 Å². The Morgan fingerprint density at radius 2 is 1.78 bits per heavy atom. The third kappa shape index (κ3) is 3.71. The fourth-order valence-corrected chi connectivity index (χ4v) is 4.50.